The van der Waals surface area contributed by atoms with Crippen LogP contribution in [0.15, 0.2) is 66.7 Å². The number of benzene rings is 4. The van der Waals surface area contributed by atoms with Crippen molar-refractivity contribution in [2.24, 2.45) is 0 Å². The van der Waals surface area contributed by atoms with E-state index in [1.807, 2.05) is 48.5 Å². The third-order valence-electron chi connectivity index (χ3n) is 10.3. The average Bonchev–Trinajstić information content (AvgIpc) is 3.08. The quantitative estimate of drug-likeness (QED) is 0.147. The smallest absolute Gasteiger partial charge is 0.169 e. The highest BCUT2D eigenvalue weighted by Gasteiger charge is 2.37. The Kier molecular flexibility index (Phi) is 9.22. The normalized spacial score (nSPS) is 21.1. The summed E-state index contributed by atoms with van der Waals surface area (Å²) < 4.78 is 29.0. The van der Waals surface area contributed by atoms with E-state index < -0.39 is 0 Å². The second kappa shape index (κ2) is 13.2. The van der Waals surface area contributed by atoms with Gasteiger partial charge in [-0.2, -0.15) is 0 Å². The molecule has 2 aliphatic heterocycles. The number of nitrogens with zero attached hydrogens (tertiary/aromatic N) is 2. The van der Waals surface area contributed by atoms with Gasteiger partial charge in [-0.1, -0.05) is 18.2 Å². The molecule has 0 saturated heterocycles. The molecule has 0 bridgehead atoms. The number of hydrogen-bond acceptors (Lipinski definition) is 7. The van der Waals surface area contributed by atoms with E-state index in [2.05, 4.69) is 26.2 Å². The fourth-order valence-electron chi connectivity index (χ4n) is 7.35. The Hall–Kier alpha value is -4.44. The average molecular weight is 656 g/mol. The standard InChI is InChI=1S/C39H46N2O7/c1-40(2)16-14-27-21-36(44-4)38(46-6)23-30(27)32(40)19-26-10-13-34(42)35(20-26)48-29-11-8-25(9-12-29)18-33-31-24-39(47-7)37(45-5)22-28(31)15-17-41(33,3)43/h8-13,20-24,32-33H,14-19H2,1-7H3/p+1/t32-,33-,41+/m1/s1. The molecule has 2 aliphatic rings. The van der Waals surface area contributed by atoms with Gasteiger partial charge in [0, 0.05) is 36.8 Å². The summed E-state index contributed by atoms with van der Waals surface area (Å²) >= 11 is 0. The van der Waals surface area contributed by atoms with Gasteiger partial charge in [-0.25, -0.2) is 0 Å². The number of phenols is 1. The lowest BCUT2D eigenvalue weighted by atomic mass is 9.87. The SMILES string of the molecule is COc1cc2c(cc1OC)[C@@H](Cc1ccc(O)c(Oc3ccc(C[C@@H]4c5cc(OC)c(OC)cc5CC[N@+]4(C)[O-])cc3)c1)[N+](C)(C)CC2. The Morgan fingerprint density at radius 3 is 1.71 bits per heavy atom. The molecule has 0 amide bonds. The lowest BCUT2D eigenvalue weighted by molar-refractivity contribution is -0.923. The van der Waals surface area contributed by atoms with Gasteiger partial charge in [0.05, 0.1) is 62.7 Å². The summed E-state index contributed by atoms with van der Waals surface area (Å²) in [5, 5.41) is 24.4. The number of rotatable bonds is 10. The van der Waals surface area contributed by atoms with E-state index >= 15 is 0 Å². The molecule has 4 aromatic rings. The number of hydroxylamine groups is 3. The van der Waals surface area contributed by atoms with Crippen LogP contribution >= 0.6 is 0 Å². The molecule has 0 aliphatic carbocycles. The van der Waals surface area contributed by atoms with Crippen molar-refractivity contribution < 1.29 is 37.9 Å². The lowest BCUT2D eigenvalue weighted by Gasteiger charge is -2.49. The fraction of sp³-hybridized carbons (Fsp3) is 0.385. The van der Waals surface area contributed by atoms with Gasteiger partial charge in [0.25, 0.3) is 0 Å². The van der Waals surface area contributed by atoms with Gasteiger partial charge < -0.3 is 43.1 Å². The van der Waals surface area contributed by atoms with Crippen LogP contribution in [-0.4, -0.2) is 76.9 Å². The number of aromatic hydroxyl groups is 1. The Morgan fingerprint density at radius 1 is 0.625 bits per heavy atom. The van der Waals surface area contributed by atoms with Crippen molar-refractivity contribution in [1.29, 1.82) is 0 Å². The van der Waals surface area contributed by atoms with Crippen molar-refractivity contribution in [1.82, 2.24) is 0 Å². The minimum absolute atomic E-state index is 0.0784. The topological polar surface area (TPSA) is 89.4 Å². The first-order valence-corrected chi connectivity index (χ1v) is 16.4. The number of quaternary nitrogens is 2. The van der Waals surface area contributed by atoms with E-state index in [-0.39, 0.29) is 22.5 Å². The minimum Gasteiger partial charge on any atom is -0.633 e. The second-order valence-corrected chi connectivity index (χ2v) is 13.7. The van der Waals surface area contributed by atoms with Gasteiger partial charge in [0.1, 0.15) is 17.8 Å². The highest BCUT2D eigenvalue weighted by atomic mass is 16.5. The number of hydrogen-bond donors (Lipinski definition) is 1. The molecule has 48 heavy (non-hydrogen) atoms. The van der Waals surface area contributed by atoms with Crippen molar-refractivity contribution in [2.45, 2.75) is 37.8 Å². The fourth-order valence-corrected chi connectivity index (χ4v) is 7.35. The van der Waals surface area contributed by atoms with Crippen LogP contribution in [0.3, 0.4) is 0 Å². The van der Waals surface area contributed by atoms with Gasteiger partial charge in [-0.15, -0.1) is 0 Å². The molecule has 2 heterocycles. The van der Waals surface area contributed by atoms with Gasteiger partial charge >= 0.3 is 0 Å². The largest absolute Gasteiger partial charge is 0.633 e. The first kappa shape index (κ1) is 33.5. The summed E-state index contributed by atoms with van der Waals surface area (Å²) in [6.45, 7) is 1.49. The molecule has 0 saturated carbocycles. The number of likely N-dealkylation sites (N-methyl/N-ethyl adjacent to an activating group) is 2. The van der Waals surface area contributed by atoms with Gasteiger partial charge in [-0.05, 0) is 70.8 Å². The van der Waals surface area contributed by atoms with Gasteiger partial charge in [0.15, 0.2) is 34.5 Å². The molecule has 0 radical (unpaired) electrons. The Bertz CT molecular complexity index is 1780. The van der Waals surface area contributed by atoms with E-state index in [1.54, 1.807) is 41.6 Å². The summed E-state index contributed by atoms with van der Waals surface area (Å²) in [6, 6.07) is 21.4. The zero-order valence-corrected chi connectivity index (χ0v) is 29.0. The van der Waals surface area contributed by atoms with Crippen molar-refractivity contribution in [3.63, 3.8) is 0 Å². The zero-order valence-electron chi connectivity index (χ0n) is 29.0. The van der Waals surface area contributed by atoms with Gasteiger partial charge in [-0.3, -0.25) is 0 Å². The highest BCUT2D eigenvalue weighted by molar-refractivity contribution is 5.51. The molecule has 254 valence electrons. The van der Waals surface area contributed by atoms with Gasteiger partial charge in [0.2, 0.25) is 0 Å². The van der Waals surface area contributed by atoms with Crippen LogP contribution < -0.4 is 23.7 Å². The summed E-state index contributed by atoms with van der Waals surface area (Å²) in [6.07, 6.45) is 2.98. The lowest BCUT2D eigenvalue weighted by Crippen LogP contribution is -2.48. The van der Waals surface area contributed by atoms with Crippen LogP contribution in [0.2, 0.25) is 0 Å². The second-order valence-electron chi connectivity index (χ2n) is 13.7. The van der Waals surface area contributed by atoms with E-state index in [4.69, 9.17) is 23.7 Å². The van der Waals surface area contributed by atoms with Crippen LogP contribution in [0.25, 0.3) is 0 Å². The molecule has 0 unspecified atom stereocenters. The molecule has 6 rings (SSSR count). The number of methoxy groups -OCH3 is 4. The molecular formula is C39H47N2O7+. The Morgan fingerprint density at radius 2 is 1.12 bits per heavy atom. The molecule has 4 aromatic carbocycles. The van der Waals surface area contributed by atoms with Crippen LogP contribution in [0, 0.1) is 5.21 Å². The molecule has 9 nitrogen and oxygen atoms in total. The maximum atomic E-state index is 13.7. The predicted molar refractivity (Wildman–Crippen MR) is 185 cm³/mol. The number of phenolic OH excluding ortho intramolecular Hbond substituents is 1. The van der Waals surface area contributed by atoms with Crippen LogP contribution in [0.4, 0.5) is 0 Å². The van der Waals surface area contributed by atoms with Crippen LogP contribution in [0.1, 0.15) is 45.5 Å². The summed E-state index contributed by atoms with van der Waals surface area (Å²) in [7, 11) is 12.9. The van der Waals surface area contributed by atoms with Crippen LogP contribution in [0.5, 0.6) is 40.2 Å². The van der Waals surface area contributed by atoms with E-state index in [0.29, 0.717) is 42.4 Å². The summed E-state index contributed by atoms with van der Waals surface area (Å²) in [4.78, 5) is 0. The first-order chi connectivity index (χ1) is 23.0. The molecule has 0 aromatic heterocycles. The molecule has 9 heteroatoms. The maximum Gasteiger partial charge on any atom is 0.169 e. The van der Waals surface area contributed by atoms with Crippen molar-refractivity contribution in [3.05, 3.63) is 105 Å². The van der Waals surface area contributed by atoms with E-state index in [9.17, 15) is 10.3 Å². The minimum atomic E-state index is -0.358. The van der Waals surface area contributed by atoms with Crippen molar-refractivity contribution >= 4 is 0 Å². The van der Waals surface area contributed by atoms with Crippen LogP contribution in [-0.2, 0) is 25.7 Å². The Balaban J connectivity index is 1.21. The third kappa shape index (κ3) is 6.50. The molecule has 0 spiro atoms. The van der Waals surface area contributed by atoms with E-state index in [0.717, 1.165) is 57.6 Å². The highest BCUT2D eigenvalue weighted by Crippen LogP contribution is 2.44. The van der Waals surface area contributed by atoms with E-state index in [1.165, 1.54) is 11.1 Å². The predicted octanol–water partition coefficient (Wildman–Crippen LogP) is 6.92. The first-order valence-electron chi connectivity index (χ1n) is 16.4. The molecular weight excluding hydrogens is 608 g/mol. The number of ether oxygens (including phenoxy) is 5. The monoisotopic (exact) mass is 655 g/mol. The maximum absolute atomic E-state index is 13.7. The summed E-state index contributed by atoms with van der Waals surface area (Å²) in [5.74, 6) is 3.88. The Labute approximate surface area is 283 Å². The third-order valence-corrected chi connectivity index (χ3v) is 10.3. The summed E-state index contributed by atoms with van der Waals surface area (Å²) in [5.41, 5.74) is 6.73. The molecule has 1 N–H and O–H groups in total. The molecule has 3 atom stereocenters. The zero-order chi connectivity index (χ0) is 34.2. The van der Waals surface area contributed by atoms with Crippen molar-refractivity contribution in [3.8, 4) is 40.2 Å². The number of fused-ring (bicyclic) bond motifs is 2. The van der Waals surface area contributed by atoms with Crippen molar-refractivity contribution in [2.75, 3.05) is 62.7 Å². The molecule has 0 fully saturated rings.